The third-order valence-electron chi connectivity index (χ3n) is 6.78. The monoisotopic (exact) mass is 638 g/mol. The van der Waals surface area contributed by atoms with Crippen LogP contribution in [0.5, 0.6) is 0 Å². The second-order valence-electron chi connectivity index (χ2n) is 9.12. The molecule has 0 heterocycles. The van der Waals surface area contributed by atoms with Crippen LogP contribution < -0.4 is 139 Å². The number of carbonyl (C=O) groups is 6. The van der Waals surface area contributed by atoms with Gasteiger partial charge in [-0.25, -0.2) is 0 Å². The molecule has 0 aliphatic heterocycles. The van der Waals surface area contributed by atoms with Crippen LogP contribution in [-0.4, -0.2) is 47.5 Å². The van der Waals surface area contributed by atoms with Crippen molar-refractivity contribution in [2.75, 3.05) is 6.61 Å². The Bertz CT molecular complexity index is 1040. The van der Waals surface area contributed by atoms with Gasteiger partial charge in [0.15, 0.2) is 0 Å². The van der Waals surface area contributed by atoms with Gasteiger partial charge < -0.3 is 49.4 Å². The van der Waals surface area contributed by atoms with Gasteiger partial charge in [0.25, 0.3) is 0 Å². The molecule has 1 aromatic rings. The van der Waals surface area contributed by atoms with Gasteiger partial charge in [0.05, 0.1) is 18.4 Å². The van der Waals surface area contributed by atoms with Gasteiger partial charge in [-0.05, 0) is 44.1 Å². The molecule has 1 aromatic carbocycles. The maximum Gasteiger partial charge on any atom is 1.00 e. The van der Waals surface area contributed by atoms with E-state index in [4.69, 9.17) is 11.7 Å². The molecule has 1 rings (SSSR count). The predicted molar refractivity (Wildman–Crippen MR) is 123 cm³/mol. The third kappa shape index (κ3) is 14.6. The molecule has 0 amide bonds. The molecule has 0 aliphatic rings. The van der Waals surface area contributed by atoms with E-state index < -0.39 is 77.2 Å². The fraction of sp³-hybridized carbons (Fsp3) is 0.519. The summed E-state index contributed by atoms with van der Waals surface area (Å²) < 4.78 is 5.22. The van der Waals surface area contributed by atoms with Crippen molar-refractivity contribution < 1.29 is 177 Å². The fourth-order valence-corrected chi connectivity index (χ4v) is 4.84. The Kier molecular flexibility index (Phi) is 29.2. The van der Waals surface area contributed by atoms with Gasteiger partial charge in [-0.15, -0.1) is 0 Å². The minimum atomic E-state index is -2.80. The number of unbranched alkanes of at least 4 members (excludes halogenated alkanes) is 2. The summed E-state index contributed by atoms with van der Waals surface area (Å²) in [5.74, 6) is -28.0. The molecule has 0 bridgehead atoms. The molecule has 0 saturated heterocycles. The van der Waals surface area contributed by atoms with E-state index in [-0.39, 0.29) is 144 Å². The van der Waals surface area contributed by atoms with Crippen LogP contribution in [0, 0.1) is 42.4 Å². The molecule has 7 unspecified atom stereocenters. The Balaban J connectivity index is -0.00000190. The number of carbonyl (C=O) groups excluding carboxylic acids is 5. The van der Waals surface area contributed by atoms with E-state index in [9.17, 15) is 54.3 Å². The number of carboxylic acids is 5. The zero-order chi connectivity index (χ0) is 29.9. The number of ether oxygens (including phenoxy) is 1. The van der Waals surface area contributed by atoms with Crippen molar-refractivity contribution in [2.45, 2.75) is 45.4 Å². The first-order valence-electron chi connectivity index (χ1n) is 12.3. The molecule has 43 heavy (non-hydrogen) atoms. The number of benzene rings is 1. The van der Waals surface area contributed by atoms with Crippen molar-refractivity contribution in [3.63, 3.8) is 0 Å². The average Bonchev–Trinajstić information content (AvgIpc) is 2.86. The largest absolute Gasteiger partial charge is 1.00 e. The minimum absolute atomic E-state index is 0. The Morgan fingerprint density at radius 3 is 1.53 bits per heavy atom. The van der Waals surface area contributed by atoms with E-state index in [1.165, 1.54) is 12.1 Å². The van der Waals surface area contributed by atoms with Crippen molar-refractivity contribution in [1.29, 1.82) is 0 Å². The first kappa shape index (κ1) is 49.9. The van der Waals surface area contributed by atoms with Gasteiger partial charge in [-0.2, -0.15) is 0 Å². The molecule has 0 aromatic heterocycles. The van der Waals surface area contributed by atoms with Crippen LogP contribution in [0.1, 0.15) is 51.0 Å². The third-order valence-corrected chi connectivity index (χ3v) is 6.78. The summed E-state index contributed by atoms with van der Waals surface area (Å²) >= 11 is 0. The maximum absolute atomic E-state index is 13.3. The summed E-state index contributed by atoms with van der Waals surface area (Å²) in [7, 11) is 0. The zero-order valence-electron chi connectivity index (χ0n) is 25.5. The summed E-state index contributed by atoms with van der Waals surface area (Å²) in [6.45, 7) is 7.52. The number of hydrogen-bond acceptors (Lipinski definition) is 11. The Labute approximate surface area is 339 Å². The van der Waals surface area contributed by atoms with Crippen molar-refractivity contribution in [1.82, 2.24) is 0 Å². The average molecular weight is 638 g/mol. The van der Waals surface area contributed by atoms with Gasteiger partial charge in [-0.3, -0.25) is 9.59 Å². The second kappa shape index (κ2) is 25.2. The normalized spacial score (nSPS) is 15.0. The molecule has 16 heteroatoms. The van der Waals surface area contributed by atoms with Crippen LogP contribution in [0.25, 0.3) is 0 Å². The Morgan fingerprint density at radius 1 is 0.744 bits per heavy atom. The van der Waals surface area contributed by atoms with Crippen molar-refractivity contribution in [3.8, 4) is 0 Å². The molecule has 1 N–H and O–H groups in total. The standard InChI is InChI=1S/C27H34O12.4Na/c1-4-6-10-13-39-27(38)18(16(5-2)15-11-8-7-9-12-15)20(25(34)35)21(26(36)37)19(24(32)33)17(23(30)31)14(3)22(28)29;;;;/h1,7-9,11-12,14,16-21H,4-6,10,13H2,2-3H3,(H,28,29)(H,30,31)(H,32,33)(H,34,35)(H,36,37);;;;/q;4*+1/p-4. The van der Waals surface area contributed by atoms with Crippen LogP contribution in [0.15, 0.2) is 30.3 Å². The molecule has 0 spiro atoms. The molecular formula is C27H30Na4O12. The number of esters is 1. The van der Waals surface area contributed by atoms with Crippen LogP contribution in [0.2, 0.25) is 0 Å². The summed E-state index contributed by atoms with van der Waals surface area (Å²) in [5, 5.41) is 58.3. The van der Waals surface area contributed by atoms with Crippen LogP contribution >= 0.6 is 0 Å². The number of aliphatic carboxylic acids is 5. The number of rotatable bonds is 18. The molecule has 0 aliphatic carbocycles. The summed E-state index contributed by atoms with van der Waals surface area (Å²) in [4.78, 5) is 73.8. The van der Waals surface area contributed by atoms with Crippen LogP contribution in [0.3, 0.4) is 0 Å². The van der Waals surface area contributed by atoms with E-state index >= 15 is 0 Å². The van der Waals surface area contributed by atoms with Gasteiger partial charge in [-0.1, -0.05) is 44.2 Å². The van der Waals surface area contributed by atoms with E-state index in [0.717, 1.165) is 6.92 Å². The van der Waals surface area contributed by atoms with Crippen molar-refractivity contribution >= 4 is 35.8 Å². The SMILES string of the molecule is [CH]CCCCOC(=O)C(C(CC)c1ccccc1)C(C(=O)[O-])C(C(=O)[O-])C(C(=O)[O-])C(C(=O)[O-])C(C)C(=O)O.[Na+].[Na+].[Na+].[Na+]. The van der Waals surface area contributed by atoms with E-state index in [0.29, 0.717) is 12.0 Å². The first-order chi connectivity index (χ1) is 18.3. The van der Waals surface area contributed by atoms with Gasteiger partial charge in [0, 0.05) is 47.5 Å². The van der Waals surface area contributed by atoms with Crippen molar-refractivity contribution in [2.24, 2.45) is 35.5 Å². The number of carboxylic acid groups (broad SMARTS) is 5. The zero-order valence-corrected chi connectivity index (χ0v) is 33.5. The Morgan fingerprint density at radius 2 is 1.16 bits per heavy atom. The van der Waals surface area contributed by atoms with E-state index in [1.54, 1.807) is 25.1 Å². The maximum atomic E-state index is 13.3. The topological polar surface area (TPSA) is 224 Å². The minimum Gasteiger partial charge on any atom is -0.550 e. The summed E-state index contributed by atoms with van der Waals surface area (Å²) in [5.41, 5.74) is 0.368. The molecule has 7 atom stereocenters. The van der Waals surface area contributed by atoms with Crippen molar-refractivity contribution in [3.05, 3.63) is 42.8 Å². The first-order valence-corrected chi connectivity index (χ1v) is 12.3. The fourth-order valence-electron chi connectivity index (χ4n) is 4.84. The Hall–Kier alpha value is 0.0400. The molecule has 2 radical (unpaired) electrons. The molecule has 0 fully saturated rings. The predicted octanol–water partition coefficient (Wildman–Crippen LogP) is -14.6. The molecule has 214 valence electrons. The quantitative estimate of drug-likeness (QED) is 0.0899. The van der Waals surface area contributed by atoms with Gasteiger partial charge in [0.2, 0.25) is 0 Å². The van der Waals surface area contributed by atoms with Crippen LogP contribution in [0.4, 0.5) is 0 Å². The van der Waals surface area contributed by atoms with Gasteiger partial charge >= 0.3 is 130 Å². The molecule has 12 nitrogen and oxygen atoms in total. The van der Waals surface area contributed by atoms with Crippen LogP contribution in [-0.2, 0) is 33.5 Å². The molecule has 0 saturated carbocycles. The molecular weight excluding hydrogens is 608 g/mol. The second-order valence-corrected chi connectivity index (χ2v) is 9.12. The summed E-state index contributed by atoms with van der Waals surface area (Å²) in [6.07, 6.45) is 1.01. The summed E-state index contributed by atoms with van der Waals surface area (Å²) in [6, 6.07) is 7.80. The number of hydrogen-bond donors (Lipinski definition) is 1. The van der Waals surface area contributed by atoms with Gasteiger partial charge in [0.1, 0.15) is 0 Å². The van der Waals surface area contributed by atoms with E-state index in [1.807, 2.05) is 0 Å². The van der Waals surface area contributed by atoms with E-state index in [2.05, 4.69) is 0 Å². The smallest absolute Gasteiger partial charge is 0.550 e.